The molecule has 1 saturated heterocycles. The summed E-state index contributed by atoms with van der Waals surface area (Å²) in [6, 6.07) is 5.13. The van der Waals surface area contributed by atoms with Crippen LogP contribution < -0.4 is 0 Å². The van der Waals surface area contributed by atoms with E-state index in [9.17, 15) is 13.5 Å². The lowest BCUT2D eigenvalue weighted by Gasteiger charge is -2.23. The quantitative estimate of drug-likeness (QED) is 0.901. The number of rotatable bonds is 5. The van der Waals surface area contributed by atoms with Gasteiger partial charge in [-0.1, -0.05) is 13.0 Å². The summed E-state index contributed by atoms with van der Waals surface area (Å²) in [5.41, 5.74) is 1.69. The van der Waals surface area contributed by atoms with Gasteiger partial charge in [-0.25, -0.2) is 8.42 Å². The minimum Gasteiger partial charge on any atom is -0.392 e. The summed E-state index contributed by atoms with van der Waals surface area (Å²) in [7, 11) is -1.82. The van der Waals surface area contributed by atoms with E-state index in [-0.39, 0.29) is 17.5 Å². The second-order valence-corrected chi connectivity index (χ2v) is 8.13. The van der Waals surface area contributed by atoms with Crippen molar-refractivity contribution in [2.45, 2.75) is 37.3 Å². The molecule has 0 bridgehead atoms. The molecule has 1 aromatic carbocycles. The Hall–Kier alpha value is -0.560. The van der Waals surface area contributed by atoms with Gasteiger partial charge in [-0.3, -0.25) is 0 Å². The van der Waals surface area contributed by atoms with E-state index in [4.69, 9.17) is 0 Å². The van der Waals surface area contributed by atoms with Crippen LogP contribution in [0.5, 0.6) is 0 Å². The molecule has 1 aromatic rings. The summed E-state index contributed by atoms with van der Waals surface area (Å²) in [6.07, 6.45) is 1.69. The Bertz CT molecular complexity index is 566. The number of hydrogen-bond donors (Lipinski definition) is 1. The van der Waals surface area contributed by atoms with Crippen LogP contribution in [-0.4, -0.2) is 42.4 Å². The van der Waals surface area contributed by atoms with E-state index in [1.54, 1.807) is 37.0 Å². The second kappa shape index (κ2) is 6.47. The minimum absolute atomic E-state index is 0.0772. The smallest absolute Gasteiger partial charge is 0.243 e. The lowest BCUT2D eigenvalue weighted by Crippen LogP contribution is -2.37. The molecule has 1 heterocycles. The molecule has 1 N–H and O–H groups in total. The van der Waals surface area contributed by atoms with Crippen LogP contribution in [0.25, 0.3) is 0 Å². The molecule has 4 nitrogen and oxygen atoms in total. The maximum Gasteiger partial charge on any atom is 0.243 e. The Balaban J connectivity index is 2.33. The van der Waals surface area contributed by atoms with Crippen LogP contribution in [0.2, 0.25) is 0 Å². The van der Waals surface area contributed by atoms with Crippen molar-refractivity contribution in [3.63, 3.8) is 0 Å². The third-order valence-electron chi connectivity index (χ3n) is 3.83. The van der Waals surface area contributed by atoms with Crippen molar-refractivity contribution >= 4 is 21.8 Å². The normalized spacial score (nSPS) is 19.7. The first-order chi connectivity index (χ1) is 9.50. The van der Waals surface area contributed by atoms with Gasteiger partial charge in [0.2, 0.25) is 10.0 Å². The third kappa shape index (κ3) is 3.03. The molecule has 1 aliphatic heterocycles. The summed E-state index contributed by atoms with van der Waals surface area (Å²) < 4.78 is 26.7. The molecule has 0 saturated carbocycles. The van der Waals surface area contributed by atoms with Crippen molar-refractivity contribution in [3.05, 3.63) is 29.3 Å². The van der Waals surface area contributed by atoms with Gasteiger partial charge in [0.1, 0.15) is 0 Å². The summed E-state index contributed by atoms with van der Waals surface area (Å²) in [5, 5.41) is 9.38. The van der Waals surface area contributed by atoms with Gasteiger partial charge in [-0.15, -0.1) is 0 Å². The fraction of sp³-hybridized carbons (Fsp3) is 0.571. The van der Waals surface area contributed by atoms with Crippen molar-refractivity contribution in [1.29, 1.82) is 0 Å². The van der Waals surface area contributed by atoms with Crippen molar-refractivity contribution < 1.29 is 13.5 Å². The monoisotopic (exact) mass is 315 g/mol. The number of aliphatic hydroxyl groups is 1. The van der Waals surface area contributed by atoms with Crippen molar-refractivity contribution in [2.24, 2.45) is 0 Å². The molecule has 1 atom stereocenters. The van der Waals surface area contributed by atoms with Gasteiger partial charge < -0.3 is 5.11 Å². The Morgan fingerprint density at radius 3 is 2.70 bits per heavy atom. The van der Waals surface area contributed by atoms with E-state index in [1.165, 1.54) is 4.31 Å². The molecule has 1 aliphatic rings. The van der Waals surface area contributed by atoms with Gasteiger partial charge in [-0.05, 0) is 41.9 Å². The van der Waals surface area contributed by atoms with Crippen LogP contribution in [0.3, 0.4) is 0 Å². The van der Waals surface area contributed by atoms with E-state index in [0.717, 1.165) is 29.9 Å². The number of aliphatic hydroxyl groups excluding tert-OH is 1. The van der Waals surface area contributed by atoms with Crippen LogP contribution in [-0.2, 0) is 23.1 Å². The van der Waals surface area contributed by atoms with E-state index in [2.05, 4.69) is 0 Å². The number of hydrogen-bond acceptors (Lipinski definition) is 4. The Morgan fingerprint density at radius 2 is 2.15 bits per heavy atom. The molecular weight excluding hydrogens is 294 g/mol. The number of nitrogens with zero attached hydrogens (tertiary/aromatic N) is 1. The van der Waals surface area contributed by atoms with Crippen LogP contribution in [0.4, 0.5) is 0 Å². The first-order valence-corrected chi connectivity index (χ1v) is 9.38. The van der Waals surface area contributed by atoms with Crippen molar-refractivity contribution in [2.75, 3.05) is 18.6 Å². The van der Waals surface area contributed by atoms with Crippen LogP contribution >= 0.6 is 11.8 Å². The van der Waals surface area contributed by atoms with Gasteiger partial charge in [-0.2, -0.15) is 16.1 Å². The third-order valence-corrected chi connectivity index (χ3v) is 6.88. The van der Waals surface area contributed by atoms with Crippen LogP contribution in [0.1, 0.15) is 24.5 Å². The number of thioether (sulfide) groups is 1. The highest BCUT2D eigenvalue weighted by atomic mass is 32.2. The summed E-state index contributed by atoms with van der Waals surface area (Å²) in [4.78, 5) is 0.276. The van der Waals surface area contributed by atoms with Crippen molar-refractivity contribution in [3.8, 4) is 0 Å². The molecule has 0 spiro atoms. The summed E-state index contributed by atoms with van der Waals surface area (Å²) >= 11 is 1.79. The largest absolute Gasteiger partial charge is 0.392 e. The summed E-state index contributed by atoms with van der Waals surface area (Å²) in [6.45, 7) is 1.86. The molecule has 1 unspecified atom stereocenters. The SMILES string of the molecule is CCc1ccc(S(=O)(=O)N(C)C2CCSC2)cc1CO. The maximum absolute atomic E-state index is 12.6. The molecule has 20 heavy (non-hydrogen) atoms. The first kappa shape index (κ1) is 15.8. The average molecular weight is 315 g/mol. The molecule has 6 heteroatoms. The number of benzene rings is 1. The zero-order chi connectivity index (χ0) is 14.8. The number of aryl methyl sites for hydroxylation is 1. The van der Waals surface area contributed by atoms with Crippen LogP contribution in [0.15, 0.2) is 23.1 Å². The van der Waals surface area contributed by atoms with E-state index in [0.29, 0.717) is 5.56 Å². The minimum atomic E-state index is -3.47. The molecule has 0 amide bonds. The van der Waals surface area contributed by atoms with E-state index in [1.807, 2.05) is 6.92 Å². The molecular formula is C14H21NO3S2. The fourth-order valence-electron chi connectivity index (χ4n) is 2.43. The molecule has 0 radical (unpaired) electrons. The fourth-order valence-corrected chi connectivity index (χ4v) is 5.22. The van der Waals surface area contributed by atoms with Gasteiger partial charge >= 0.3 is 0 Å². The van der Waals surface area contributed by atoms with Gasteiger partial charge in [0.05, 0.1) is 11.5 Å². The topological polar surface area (TPSA) is 57.6 Å². The van der Waals surface area contributed by atoms with Crippen LogP contribution in [0, 0.1) is 0 Å². The van der Waals surface area contributed by atoms with E-state index < -0.39 is 10.0 Å². The van der Waals surface area contributed by atoms with Gasteiger partial charge in [0.15, 0.2) is 0 Å². The number of sulfonamides is 1. The predicted molar refractivity (Wildman–Crippen MR) is 82.4 cm³/mol. The molecule has 0 aliphatic carbocycles. The maximum atomic E-state index is 12.6. The highest BCUT2D eigenvalue weighted by Gasteiger charge is 2.30. The Kier molecular flexibility index (Phi) is 5.12. The molecule has 2 rings (SSSR count). The van der Waals surface area contributed by atoms with Gasteiger partial charge in [0, 0.05) is 18.8 Å². The Morgan fingerprint density at radius 1 is 1.40 bits per heavy atom. The molecule has 1 fully saturated rings. The Labute approximate surface area is 125 Å². The van der Waals surface area contributed by atoms with Gasteiger partial charge in [0.25, 0.3) is 0 Å². The molecule has 112 valence electrons. The lowest BCUT2D eigenvalue weighted by molar-refractivity contribution is 0.280. The standard InChI is InChI=1S/C14H21NO3S2/c1-3-11-4-5-14(8-12(11)9-16)20(17,18)15(2)13-6-7-19-10-13/h4-5,8,13,16H,3,6-7,9-10H2,1-2H3. The molecule has 0 aromatic heterocycles. The first-order valence-electron chi connectivity index (χ1n) is 6.79. The van der Waals surface area contributed by atoms with E-state index >= 15 is 0 Å². The summed E-state index contributed by atoms with van der Waals surface area (Å²) in [5.74, 6) is 1.87. The average Bonchev–Trinajstić information content (AvgIpc) is 2.99. The zero-order valence-corrected chi connectivity index (χ0v) is 13.5. The highest BCUT2D eigenvalue weighted by Crippen LogP contribution is 2.27. The lowest BCUT2D eigenvalue weighted by atomic mass is 10.1. The zero-order valence-electron chi connectivity index (χ0n) is 11.9. The van der Waals surface area contributed by atoms with Crippen molar-refractivity contribution in [1.82, 2.24) is 4.31 Å². The highest BCUT2D eigenvalue weighted by molar-refractivity contribution is 7.99. The predicted octanol–water partition coefficient (Wildman–Crippen LogP) is 1.87. The second-order valence-electron chi connectivity index (χ2n) is 4.98.